The number of aromatic nitrogens is 2. The molecule has 2 fully saturated rings. The molecular weight excluding hydrogens is 675 g/mol. The van der Waals surface area contributed by atoms with Crippen LogP contribution in [0.25, 0.3) is 10.9 Å². The quantitative estimate of drug-likeness (QED) is 0.0855. The summed E-state index contributed by atoms with van der Waals surface area (Å²) in [6.45, 7) is -1.99. The summed E-state index contributed by atoms with van der Waals surface area (Å²) in [6.07, 6.45) is -3.97. The standard InChI is InChI=1S/C22H22BrFN4O16/c1-42-13-11(29)9-10(26-16(31)27-15(9)25-8-3-2-6(23)4-7(8)24)12(30)14(13)43-5-17(32)18(33,34)20(37,38)28-21(39,19(17,35)36)44-22(28,40)41/h2-4,29-30,32-41H,5H2,1H3,(H2,25,26,27,31). The number of phenols is 2. The van der Waals surface area contributed by atoms with Crippen molar-refractivity contribution in [1.82, 2.24) is 14.9 Å². The van der Waals surface area contributed by atoms with Gasteiger partial charge in [0, 0.05) is 4.47 Å². The van der Waals surface area contributed by atoms with Gasteiger partial charge >= 0.3 is 17.7 Å². The first-order valence-electron chi connectivity index (χ1n) is 11.7. The zero-order valence-corrected chi connectivity index (χ0v) is 23.2. The van der Waals surface area contributed by atoms with Crippen molar-refractivity contribution in [1.29, 1.82) is 0 Å². The monoisotopic (exact) mass is 696 g/mol. The number of phenolic OH excluding ortho intramolecular Hbond substituents is 2. The molecule has 2 saturated heterocycles. The molecule has 3 heterocycles. The fourth-order valence-electron chi connectivity index (χ4n) is 4.86. The van der Waals surface area contributed by atoms with Crippen LogP contribution in [0.3, 0.4) is 0 Å². The molecule has 3 aromatic rings. The Balaban J connectivity index is 1.62. The fraction of sp³-hybridized carbons (Fsp3) is 0.364. The normalized spacial score (nSPS) is 26.5. The van der Waals surface area contributed by atoms with E-state index >= 15 is 0 Å². The molecule has 2 atom stereocenters. The highest BCUT2D eigenvalue weighted by Crippen LogP contribution is 2.59. The number of hydrogen-bond donors (Lipinski definition) is 14. The van der Waals surface area contributed by atoms with E-state index in [0.29, 0.717) is 4.47 Å². The number of ether oxygens (including phenoxy) is 3. The Labute approximate surface area is 249 Å². The van der Waals surface area contributed by atoms with Crippen LogP contribution in [0.1, 0.15) is 0 Å². The Hall–Kier alpha value is -3.49. The fourth-order valence-corrected chi connectivity index (χ4v) is 5.19. The number of H-pyrrole nitrogens is 1. The van der Waals surface area contributed by atoms with Crippen LogP contribution in [0, 0.1) is 5.82 Å². The topological polar surface area (TPSA) is 331 Å². The minimum absolute atomic E-state index is 0.244. The summed E-state index contributed by atoms with van der Waals surface area (Å²) in [7, 11) is 0.894. The van der Waals surface area contributed by atoms with Crippen LogP contribution < -0.4 is 20.5 Å². The Bertz CT molecular complexity index is 1730. The van der Waals surface area contributed by atoms with Gasteiger partial charge in [0.2, 0.25) is 17.1 Å². The second-order valence-electron chi connectivity index (χ2n) is 9.70. The van der Waals surface area contributed by atoms with Gasteiger partial charge in [0.05, 0.1) is 18.2 Å². The van der Waals surface area contributed by atoms with Crippen molar-refractivity contribution in [2.45, 2.75) is 35.1 Å². The second kappa shape index (κ2) is 9.51. The molecule has 0 saturated carbocycles. The highest BCUT2D eigenvalue weighted by molar-refractivity contribution is 9.10. The van der Waals surface area contributed by atoms with Crippen molar-refractivity contribution in [3.63, 3.8) is 0 Å². The number of aliphatic hydroxyl groups is 10. The Kier molecular flexibility index (Phi) is 6.90. The van der Waals surface area contributed by atoms with Gasteiger partial charge in [-0.2, -0.15) is 4.98 Å². The molecule has 2 unspecified atom stereocenters. The zero-order valence-electron chi connectivity index (χ0n) is 21.6. The molecule has 2 aliphatic heterocycles. The number of aromatic amines is 1. The second-order valence-corrected chi connectivity index (χ2v) is 10.6. The predicted molar refractivity (Wildman–Crippen MR) is 137 cm³/mol. The van der Waals surface area contributed by atoms with Gasteiger partial charge in [-0.15, -0.1) is 4.90 Å². The van der Waals surface area contributed by atoms with E-state index in [2.05, 4.69) is 36.0 Å². The first-order chi connectivity index (χ1) is 20.1. The van der Waals surface area contributed by atoms with Crippen molar-refractivity contribution >= 4 is 38.3 Å². The number of nitrogens with zero attached hydrogens (tertiary/aromatic N) is 2. The summed E-state index contributed by atoms with van der Waals surface area (Å²) >= 11 is 3.07. The van der Waals surface area contributed by atoms with Gasteiger partial charge in [-0.3, -0.25) is 4.74 Å². The molecule has 240 valence electrons. The minimum Gasteiger partial charge on any atom is -0.504 e. The van der Waals surface area contributed by atoms with Crippen molar-refractivity contribution in [3.8, 4) is 23.0 Å². The van der Waals surface area contributed by atoms with Crippen LogP contribution >= 0.6 is 15.9 Å². The van der Waals surface area contributed by atoms with E-state index in [9.17, 15) is 70.5 Å². The Morgan fingerprint density at radius 2 is 1.66 bits per heavy atom. The molecule has 20 nitrogen and oxygen atoms in total. The number of aromatic hydroxyl groups is 2. The number of nitrogens with one attached hydrogen (secondary N) is 2. The third kappa shape index (κ3) is 3.92. The van der Waals surface area contributed by atoms with E-state index in [1.807, 2.05) is 0 Å². The minimum atomic E-state index is -4.69. The Morgan fingerprint density at radius 3 is 2.23 bits per heavy atom. The van der Waals surface area contributed by atoms with Crippen molar-refractivity contribution in [2.24, 2.45) is 0 Å². The lowest BCUT2D eigenvalue weighted by atomic mass is 9.74. The summed E-state index contributed by atoms with van der Waals surface area (Å²) in [5.74, 6) is -23.4. The number of halogens is 2. The maximum absolute atomic E-state index is 14.5. The van der Waals surface area contributed by atoms with Gasteiger partial charge in [-0.25, -0.2) is 9.18 Å². The summed E-state index contributed by atoms with van der Waals surface area (Å²) in [4.78, 5) is 17.1. The maximum atomic E-state index is 14.5. The number of anilines is 2. The number of benzene rings is 2. The molecule has 44 heavy (non-hydrogen) atoms. The summed E-state index contributed by atoms with van der Waals surface area (Å²) < 4.78 is 29.0. The van der Waals surface area contributed by atoms with Crippen LogP contribution in [-0.4, -0.2) is 125 Å². The first-order valence-corrected chi connectivity index (χ1v) is 12.5. The third-order valence-corrected chi connectivity index (χ3v) is 7.61. The lowest BCUT2D eigenvalue weighted by molar-refractivity contribution is -0.736. The van der Waals surface area contributed by atoms with Gasteiger partial charge in [-0.05, 0) is 18.2 Å². The molecule has 1 aromatic heterocycles. The average Bonchev–Trinajstić information content (AvgIpc) is 2.88. The van der Waals surface area contributed by atoms with E-state index in [1.54, 1.807) is 0 Å². The van der Waals surface area contributed by atoms with Crippen LogP contribution in [0.4, 0.5) is 15.9 Å². The van der Waals surface area contributed by atoms with E-state index in [1.165, 1.54) is 12.1 Å². The molecular formula is C22H22BrFN4O16. The first kappa shape index (κ1) is 31.9. The molecule has 2 aliphatic rings. The molecule has 0 bridgehead atoms. The highest BCUT2D eigenvalue weighted by atomic mass is 79.9. The number of rotatable bonds is 6. The van der Waals surface area contributed by atoms with E-state index in [0.717, 1.165) is 13.2 Å². The SMILES string of the molecule is COc1c(OCC2(O)C(O)(O)C(O)(O)N3C(O)(O)OC3(O)C2(O)O)c(O)c2[nH]c(=O)nc(Nc3ccc(Br)cc3F)c2c1O. The summed E-state index contributed by atoms with van der Waals surface area (Å²) in [5, 5.41) is 128. The predicted octanol–water partition coefficient (Wildman–Crippen LogP) is -4.31. The van der Waals surface area contributed by atoms with Crippen LogP contribution in [0.2, 0.25) is 0 Å². The lowest BCUT2D eigenvalue weighted by Gasteiger charge is -2.70. The van der Waals surface area contributed by atoms with E-state index < -0.39 is 97.8 Å². The highest BCUT2D eigenvalue weighted by Gasteiger charge is 2.93. The van der Waals surface area contributed by atoms with Gasteiger partial charge in [-0.1, -0.05) is 15.9 Å². The smallest absolute Gasteiger partial charge is 0.360 e. The average molecular weight is 697 g/mol. The number of piperidine rings is 1. The van der Waals surface area contributed by atoms with Crippen LogP contribution in [0.5, 0.6) is 23.0 Å². The molecule has 0 amide bonds. The third-order valence-electron chi connectivity index (χ3n) is 7.12. The molecule has 0 radical (unpaired) electrons. The molecule has 2 aromatic carbocycles. The van der Waals surface area contributed by atoms with E-state index in [4.69, 9.17) is 9.47 Å². The molecule has 22 heteroatoms. The number of fused-ring (bicyclic) bond motifs is 2. The van der Waals surface area contributed by atoms with Crippen molar-refractivity contribution in [2.75, 3.05) is 19.0 Å². The van der Waals surface area contributed by atoms with Crippen LogP contribution in [0.15, 0.2) is 27.5 Å². The summed E-state index contributed by atoms with van der Waals surface area (Å²) in [6, 6.07) is 3.71. The molecule has 14 N–H and O–H groups in total. The van der Waals surface area contributed by atoms with Gasteiger partial charge in [0.25, 0.3) is 17.5 Å². The van der Waals surface area contributed by atoms with Gasteiger partial charge < -0.3 is 81.1 Å². The van der Waals surface area contributed by atoms with Crippen LogP contribution in [-0.2, 0) is 4.74 Å². The molecule has 5 rings (SSSR count). The Morgan fingerprint density at radius 1 is 1.02 bits per heavy atom. The number of hydrogen-bond acceptors (Lipinski definition) is 19. The van der Waals surface area contributed by atoms with Crippen molar-refractivity contribution < 1.29 is 79.9 Å². The largest absolute Gasteiger partial charge is 0.504 e. The van der Waals surface area contributed by atoms with Gasteiger partial charge in [0.1, 0.15) is 23.8 Å². The van der Waals surface area contributed by atoms with Gasteiger partial charge in [0.15, 0.2) is 11.5 Å². The lowest BCUT2D eigenvalue weighted by Crippen LogP contribution is -3.02. The molecule has 0 aliphatic carbocycles. The van der Waals surface area contributed by atoms with Crippen molar-refractivity contribution in [3.05, 3.63) is 39.0 Å². The maximum Gasteiger partial charge on any atom is 0.360 e. The number of methoxy groups -OCH3 is 1. The summed E-state index contributed by atoms with van der Waals surface area (Å²) in [5.41, 5.74) is -6.45. The molecule has 0 spiro atoms. The van der Waals surface area contributed by atoms with E-state index in [-0.39, 0.29) is 5.69 Å². The zero-order chi connectivity index (χ0) is 33.0.